The van der Waals surface area contributed by atoms with Crippen LogP contribution < -0.4 is 4.90 Å². The van der Waals surface area contributed by atoms with Crippen molar-refractivity contribution in [2.24, 2.45) is 35.5 Å². The fourth-order valence-electron chi connectivity index (χ4n) is 12.7. The van der Waals surface area contributed by atoms with Gasteiger partial charge in [-0.3, -0.25) is 9.59 Å². The summed E-state index contributed by atoms with van der Waals surface area (Å²) in [5.74, 6) is -5.99. The SMILES string of the molecule is CC[C@H]1CCC[C@H](O[C@H]2CC[C@H](N(C)C)[C@@H](C)O2)[C@@H](C)C(=O)C2=C[C@H]3[C@@H]4C[C@H](O[C@@H]5O[C@@H](C)[C@H](OC)[C@@H](OC)[C@H]5OC)C[C@H]4[C@H]4[C@@H]([C@H]3[C@@H]2CC(=O)O1)N4c1cc(F)c(F)c(F)c1. The molecule has 0 aromatic heterocycles. The minimum absolute atomic E-state index is 0.00837. The van der Waals surface area contributed by atoms with Crippen molar-refractivity contribution in [1.29, 1.82) is 0 Å². The van der Waals surface area contributed by atoms with Crippen molar-refractivity contribution in [2.45, 2.75) is 165 Å². The Morgan fingerprint density at radius 2 is 1.52 bits per heavy atom. The number of cyclic esters (lactones) is 1. The van der Waals surface area contributed by atoms with Crippen molar-refractivity contribution in [3.05, 3.63) is 41.2 Å². The highest BCUT2D eigenvalue weighted by Gasteiger charge is 2.69. The van der Waals surface area contributed by atoms with E-state index in [-0.39, 0.29) is 96.2 Å². The third kappa shape index (κ3) is 8.51. The molecule has 4 heterocycles. The number of esters is 1. The molecule has 0 amide bonds. The molecule has 8 rings (SSSR count). The molecule has 346 valence electrons. The lowest BCUT2D eigenvalue weighted by Crippen LogP contribution is -2.59. The number of halogens is 3. The maximum Gasteiger partial charge on any atom is 0.306 e. The monoisotopic (exact) mass is 876 g/mol. The molecular formula is C47H67F3N2O10. The highest BCUT2D eigenvalue weighted by Crippen LogP contribution is 2.65. The lowest BCUT2D eigenvalue weighted by molar-refractivity contribution is -0.314. The molecule has 3 aliphatic carbocycles. The maximum atomic E-state index is 15.1. The fraction of sp³-hybridized carbons (Fsp3) is 0.787. The first-order valence-electron chi connectivity index (χ1n) is 22.9. The number of hydrogen-bond donors (Lipinski definition) is 0. The van der Waals surface area contributed by atoms with Crippen LogP contribution in [0.25, 0.3) is 0 Å². The van der Waals surface area contributed by atoms with Crippen LogP contribution in [0.3, 0.4) is 0 Å². The van der Waals surface area contributed by atoms with E-state index in [0.717, 1.165) is 18.6 Å². The topological polar surface area (TPSA) is 114 Å². The van der Waals surface area contributed by atoms with Crippen LogP contribution in [-0.2, 0) is 47.5 Å². The van der Waals surface area contributed by atoms with Gasteiger partial charge in [-0.1, -0.05) is 19.9 Å². The molecule has 2 saturated carbocycles. The predicted molar refractivity (Wildman–Crippen MR) is 221 cm³/mol. The largest absolute Gasteiger partial charge is 0.462 e. The van der Waals surface area contributed by atoms with Gasteiger partial charge in [-0.15, -0.1) is 0 Å². The maximum absolute atomic E-state index is 15.1. The normalized spacial score (nSPS) is 43.5. The third-order valence-corrected chi connectivity index (χ3v) is 15.7. The Balaban J connectivity index is 1.12. The Labute approximate surface area is 364 Å². The lowest BCUT2D eigenvalue weighted by atomic mass is 9.66. The van der Waals surface area contributed by atoms with Gasteiger partial charge in [0.2, 0.25) is 0 Å². The molecule has 12 nitrogen and oxygen atoms in total. The second-order valence-corrected chi connectivity index (χ2v) is 19.2. The van der Waals surface area contributed by atoms with E-state index in [1.165, 1.54) is 0 Å². The minimum Gasteiger partial charge on any atom is -0.462 e. The minimum atomic E-state index is -1.53. The number of fused-ring (bicyclic) bond motifs is 8. The van der Waals surface area contributed by atoms with Crippen LogP contribution in [-0.4, -0.2) is 132 Å². The summed E-state index contributed by atoms with van der Waals surface area (Å²) in [7, 11) is 8.90. The number of nitrogens with zero attached hydrogens (tertiary/aromatic N) is 2. The van der Waals surface area contributed by atoms with E-state index in [0.29, 0.717) is 50.5 Å². The molecule has 4 aliphatic heterocycles. The number of carbonyl (C=O) groups is 2. The van der Waals surface area contributed by atoms with Crippen molar-refractivity contribution in [3.8, 4) is 0 Å². The van der Waals surface area contributed by atoms with Gasteiger partial charge >= 0.3 is 5.97 Å². The van der Waals surface area contributed by atoms with Gasteiger partial charge in [0.25, 0.3) is 0 Å². The smallest absolute Gasteiger partial charge is 0.306 e. The van der Waals surface area contributed by atoms with Gasteiger partial charge in [-0.25, -0.2) is 13.2 Å². The summed E-state index contributed by atoms with van der Waals surface area (Å²) < 4.78 is 94.2. The summed E-state index contributed by atoms with van der Waals surface area (Å²) in [6.07, 6.45) is 3.49. The number of Topliss-reactive ketones (excluding diaryl/α,β-unsaturated/α-hetero) is 1. The quantitative estimate of drug-likeness (QED) is 0.143. The van der Waals surface area contributed by atoms with E-state index in [4.69, 9.17) is 37.9 Å². The number of ether oxygens (including phenoxy) is 8. The molecule has 0 bridgehead atoms. The summed E-state index contributed by atoms with van der Waals surface area (Å²) >= 11 is 0. The molecule has 62 heavy (non-hydrogen) atoms. The van der Waals surface area contributed by atoms with Gasteiger partial charge in [0, 0.05) is 57.0 Å². The molecule has 15 heteroatoms. The number of hydrogen-bond acceptors (Lipinski definition) is 12. The first kappa shape index (κ1) is 45.9. The second kappa shape index (κ2) is 18.7. The van der Waals surface area contributed by atoms with Gasteiger partial charge in [0.05, 0.1) is 42.9 Å². The number of likely N-dealkylation sites (N-methyl/N-ethyl adjacent to an activating group) is 1. The number of benzene rings is 1. The number of anilines is 1. The van der Waals surface area contributed by atoms with Crippen molar-refractivity contribution in [2.75, 3.05) is 40.3 Å². The summed E-state index contributed by atoms with van der Waals surface area (Å²) in [5.41, 5.74) is 0.820. The van der Waals surface area contributed by atoms with E-state index < -0.39 is 60.2 Å². The zero-order valence-electron chi connectivity index (χ0n) is 37.7. The average molecular weight is 877 g/mol. The van der Waals surface area contributed by atoms with Crippen LogP contribution in [0.4, 0.5) is 18.9 Å². The Hall–Kier alpha value is -2.63. The number of allylic oxidation sites excluding steroid dienone is 2. The van der Waals surface area contributed by atoms with E-state index in [2.05, 4.69) is 32.0 Å². The molecule has 1 aromatic rings. The molecular weight excluding hydrogens is 810 g/mol. The van der Waals surface area contributed by atoms with E-state index in [1.807, 2.05) is 25.7 Å². The van der Waals surface area contributed by atoms with Gasteiger partial charge in [0.15, 0.2) is 35.8 Å². The zero-order valence-corrected chi connectivity index (χ0v) is 37.7. The van der Waals surface area contributed by atoms with E-state index in [1.54, 1.807) is 21.3 Å². The van der Waals surface area contributed by atoms with Gasteiger partial charge in [-0.2, -0.15) is 0 Å². The number of carbonyl (C=O) groups excluding carboxylic acids is 2. The highest BCUT2D eigenvalue weighted by atomic mass is 19.2. The number of ketones is 1. The van der Waals surface area contributed by atoms with Crippen LogP contribution >= 0.6 is 0 Å². The molecule has 0 spiro atoms. The molecule has 0 unspecified atom stereocenters. The second-order valence-electron chi connectivity index (χ2n) is 19.2. The van der Waals surface area contributed by atoms with Crippen LogP contribution in [0.15, 0.2) is 23.8 Å². The van der Waals surface area contributed by atoms with Crippen LogP contribution in [0, 0.1) is 53.0 Å². The van der Waals surface area contributed by atoms with Gasteiger partial charge in [0.1, 0.15) is 24.4 Å². The molecule has 0 radical (unpaired) electrons. The van der Waals surface area contributed by atoms with Crippen molar-refractivity contribution in [1.82, 2.24) is 4.90 Å². The van der Waals surface area contributed by atoms with Crippen LogP contribution in [0.1, 0.15) is 85.5 Å². The average Bonchev–Trinajstić information content (AvgIpc) is 3.65. The van der Waals surface area contributed by atoms with Crippen molar-refractivity contribution in [3.63, 3.8) is 0 Å². The van der Waals surface area contributed by atoms with Gasteiger partial charge in [-0.05, 0) is 109 Å². The summed E-state index contributed by atoms with van der Waals surface area (Å²) in [5, 5.41) is 0. The zero-order chi connectivity index (χ0) is 44.3. The summed E-state index contributed by atoms with van der Waals surface area (Å²) in [6, 6.07) is 1.90. The van der Waals surface area contributed by atoms with Crippen molar-refractivity contribution >= 4 is 17.4 Å². The lowest BCUT2D eigenvalue weighted by Gasteiger charge is -2.44. The predicted octanol–water partition coefficient (Wildman–Crippen LogP) is 6.61. The fourth-order valence-corrected chi connectivity index (χ4v) is 12.7. The Morgan fingerprint density at radius 1 is 0.823 bits per heavy atom. The molecule has 19 atom stereocenters. The molecule has 6 fully saturated rings. The summed E-state index contributed by atoms with van der Waals surface area (Å²) in [6.45, 7) is 7.91. The summed E-state index contributed by atoms with van der Waals surface area (Å²) in [4.78, 5) is 33.2. The number of rotatable bonds is 10. The Bertz CT molecular complexity index is 1800. The Kier molecular flexibility index (Phi) is 13.8. The van der Waals surface area contributed by atoms with Gasteiger partial charge < -0.3 is 47.7 Å². The standard InChI is InChI=1S/C47H67F3N2O10/c1-10-26-12-11-13-36(62-38-15-14-35(51(5)6)23(3)58-38)22(2)43(54)32-20-29-28-18-27(61-47-46(57-9)45(56-8)44(55-7)24(4)59-47)19-31(28)41-42(39(29)30(32)21-37(53)60-26)52(41)25-16-33(48)40(50)34(49)17-25/h16-17,20,22-24,26-31,35-36,38-39,41-42,44-47H,10-15,18-19,21H2,1-9H3/t22-,23-,24+,26+,27+,28+,29+,30-,31-,35+,36+,38+,39-,41+,42-,44+,45-,46-,47+,52?/m1/s1. The van der Waals surface area contributed by atoms with E-state index >= 15 is 4.79 Å². The van der Waals surface area contributed by atoms with Crippen LogP contribution in [0.2, 0.25) is 0 Å². The molecule has 4 saturated heterocycles. The van der Waals surface area contributed by atoms with Crippen LogP contribution in [0.5, 0.6) is 0 Å². The first-order chi connectivity index (χ1) is 29.7. The molecule has 1 aromatic carbocycles. The number of methoxy groups -OCH3 is 3. The van der Waals surface area contributed by atoms with E-state index in [9.17, 15) is 18.0 Å². The third-order valence-electron chi connectivity index (χ3n) is 15.7. The molecule has 0 N–H and O–H groups in total. The first-order valence-corrected chi connectivity index (χ1v) is 22.9. The highest BCUT2D eigenvalue weighted by molar-refractivity contribution is 5.99. The van der Waals surface area contributed by atoms with Crippen molar-refractivity contribution < 1.29 is 60.7 Å². The Morgan fingerprint density at radius 3 is 2.16 bits per heavy atom. The molecule has 7 aliphatic rings.